The Labute approximate surface area is 55.9 Å². The fourth-order valence-electron chi connectivity index (χ4n) is 0.566. The minimum absolute atomic E-state index is 0.400. The van der Waals surface area contributed by atoms with Crippen molar-refractivity contribution in [1.82, 2.24) is 9.78 Å². The third-order valence-corrected chi connectivity index (χ3v) is 1.10. The lowest BCUT2D eigenvalue weighted by atomic mass is 10.4. The van der Waals surface area contributed by atoms with Gasteiger partial charge in [-0.1, -0.05) is 0 Å². The van der Waals surface area contributed by atoms with Crippen LogP contribution in [0.2, 0.25) is 0 Å². The molecule has 0 aromatic carbocycles. The monoisotopic (exact) mass is 144 g/mol. The molecule has 5 heteroatoms. The van der Waals surface area contributed by atoms with E-state index in [4.69, 9.17) is 5.11 Å². The summed E-state index contributed by atoms with van der Waals surface area (Å²) in [5.41, 5.74) is -0.400. The van der Waals surface area contributed by atoms with Crippen molar-refractivity contribution < 1.29 is 14.3 Å². The van der Waals surface area contributed by atoms with Crippen LogP contribution in [0, 0.1) is 5.95 Å². The molecule has 1 aromatic rings. The fourth-order valence-corrected chi connectivity index (χ4v) is 0.566. The summed E-state index contributed by atoms with van der Waals surface area (Å²) in [7, 11) is 1.34. The second kappa shape index (κ2) is 2.09. The van der Waals surface area contributed by atoms with Gasteiger partial charge < -0.3 is 5.11 Å². The van der Waals surface area contributed by atoms with E-state index in [1.165, 1.54) is 7.05 Å². The molecule has 4 nitrogen and oxygen atoms in total. The Bertz CT molecular complexity index is 269. The number of aromatic carboxylic acids is 1. The van der Waals surface area contributed by atoms with Crippen LogP contribution in [-0.4, -0.2) is 20.9 Å². The van der Waals surface area contributed by atoms with E-state index < -0.39 is 17.5 Å². The number of carboxylic acid groups (broad SMARTS) is 1. The maximum atomic E-state index is 12.5. The van der Waals surface area contributed by atoms with Crippen LogP contribution in [0.3, 0.4) is 0 Å². The smallest absolute Gasteiger partial charge is 0.342 e. The van der Waals surface area contributed by atoms with Gasteiger partial charge in [0, 0.05) is 7.05 Å². The number of aryl methyl sites for hydroxylation is 1. The first-order valence-electron chi connectivity index (χ1n) is 2.53. The average molecular weight is 144 g/mol. The van der Waals surface area contributed by atoms with E-state index in [1.54, 1.807) is 0 Å². The Morgan fingerprint density at radius 1 is 1.90 bits per heavy atom. The summed E-state index contributed by atoms with van der Waals surface area (Å²) >= 11 is 0. The molecular formula is C5H5FN2O2. The van der Waals surface area contributed by atoms with Crippen LogP contribution in [0.4, 0.5) is 4.39 Å². The Morgan fingerprint density at radius 2 is 2.50 bits per heavy atom. The number of carbonyl (C=O) groups is 1. The number of halogens is 1. The summed E-state index contributed by atoms with van der Waals surface area (Å²) in [6.07, 6.45) is 0.970. The number of aromatic nitrogens is 2. The Balaban J connectivity index is 3.17. The van der Waals surface area contributed by atoms with Crippen molar-refractivity contribution >= 4 is 5.97 Å². The standard InChI is InChI=1S/C5H5FN2O2/c1-8-4(6)3(2-7-8)5(9)10/h2H,1H3,(H,9,10). The highest BCUT2D eigenvalue weighted by Crippen LogP contribution is 2.03. The van der Waals surface area contributed by atoms with Gasteiger partial charge in [-0.3, -0.25) is 0 Å². The van der Waals surface area contributed by atoms with Gasteiger partial charge in [-0.25, -0.2) is 9.48 Å². The number of carboxylic acids is 1. The van der Waals surface area contributed by atoms with Crippen molar-refractivity contribution in [3.63, 3.8) is 0 Å². The molecule has 0 saturated heterocycles. The minimum atomic E-state index is -1.30. The number of nitrogens with zero attached hydrogens (tertiary/aromatic N) is 2. The van der Waals surface area contributed by atoms with Crippen molar-refractivity contribution in [2.24, 2.45) is 7.05 Å². The largest absolute Gasteiger partial charge is 0.477 e. The van der Waals surface area contributed by atoms with Crippen molar-refractivity contribution in [2.45, 2.75) is 0 Å². The van der Waals surface area contributed by atoms with Crippen LogP contribution < -0.4 is 0 Å². The van der Waals surface area contributed by atoms with E-state index in [-0.39, 0.29) is 0 Å². The molecule has 54 valence electrons. The van der Waals surface area contributed by atoms with Crippen LogP contribution in [0.5, 0.6) is 0 Å². The van der Waals surface area contributed by atoms with Gasteiger partial charge in [-0.05, 0) is 0 Å². The molecule has 0 saturated carbocycles. The Kier molecular flexibility index (Phi) is 1.41. The van der Waals surface area contributed by atoms with Gasteiger partial charge in [-0.15, -0.1) is 0 Å². The summed E-state index contributed by atoms with van der Waals surface area (Å²) in [6, 6.07) is 0. The molecule has 0 atom stereocenters. The minimum Gasteiger partial charge on any atom is -0.477 e. The molecule has 0 unspecified atom stereocenters. The lowest BCUT2D eigenvalue weighted by Crippen LogP contribution is -2.00. The van der Waals surface area contributed by atoms with Crippen molar-refractivity contribution in [3.05, 3.63) is 17.7 Å². The molecule has 1 aromatic heterocycles. The first-order chi connectivity index (χ1) is 4.63. The highest BCUT2D eigenvalue weighted by molar-refractivity contribution is 5.87. The predicted octanol–water partition coefficient (Wildman–Crippen LogP) is 0.257. The first-order valence-corrected chi connectivity index (χ1v) is 2.53. The van der Waals surface area contributed by atoms with Crippen LogP contribution in [0.15, 0.2) is 6.20 Å². The summed E-state index contributed by atoms with van der Waals surface area (Å²) in [5.74, 6) is -2.13. The van der Waals surface area contributed by atoms with Crippen LogP contribution in [-0.2, 0) is 7.05 Å². The van der Waals surface area contributed by atoms with E-state index in [0.717, 1.165) is 10.9 Å². The number of hydrogen-bond acceptors (Lipinski definition) is 2. The quantitative estimate of drug-likeness (QED) is 0.615. The average Bonchev–Trinajstić information content (AvgIpc) is 2.14. The SMILES string of the molecule is Cn1ncc(C(=O)O)c1F. The highest BCUT2D eigenvalue weighted by atomic mass is 19.1. The van der Waals surface area contributed by atoms with Crippen molar-refractivity contribution in [2.75, 3.05) is 0 Å². The molecule has 1 N–H and O–H groups in total. The Hall–Kier alpha value is -1.39. The van der Waals surface area contributed by atoms with E-state index in [0.29, 0.717) is 0 Å². The summed E-state index contributed by atoms with van der Waals surface area (Å²) in [6.45, 7) is 0. The molecule has 0 aliphatic rings. The summed E-state index contributed by atoms with van der Waals surface area (Å²) < 4.78 is 13.4. The molecule has 0 fully saturated rings. The molecule has 0 amide bonds. The van der Waals surface area contributed by atoms with Gasteiger partial charge in [0.25, 0.3) is 0 Å². The van der Waals surface area contributed by atoms with Gasteiger partial charge in [0.05, 0.1) is 6.20 Å². The molecule has 10 heavy (non-hydrogen) atoms. The third-order valence-electron chi connectivity index (χ3n) is 1.10. The molecule has 1 rings (SSSR count). The van der Waals surface area contributed by atoms with Crippen molar-refractivity contribution in [1.29, 1.82) is 0 Å². The number of rotatable bonds is 1. The second-order valence-corrected chi connectivity index (χ2v) is 1.78. The van der Waals surface area contributed by atoms with E-state index in [2.05, 4.69) is 5.10 Å². The summed E-state index contributed by atoms with van der Waals surface area (Å²) in [4.78, 5) is 10.1. The Morgan fingerprint density at radius 3 is 2.70 bits per heavy atom. The fraction of sp³-hybridized carbons (Fsp3) is 0.200. The van der Waals surface area contributed by atoms with Gasteiger partial charge in [0.2, 0.25) is 5.95 Å². The zero-order valence-corrected chi connectivity index (χ0v) is 5.21. The second-order valence-electron chi connectivity index (χ2n) is 1.78. The summed E-state index contributed by atoms with van der Waals surface area (Å²) in [5, 5.41) is 11.7. The van der Waals surface area contributed by atoms with Crippen LogP contribution >= 0.6 is 0 Å². The molecule has 0 radical (unpaired) electrons. The van der Waals surface area contributed by atoms with Gasteiger partial charge in [0.1, 0.15) is 5.56 Å². The van der Waals surface area contributed by atoms with Gasteiger partial charge >= 0.3 is 5.97 Å². The van der Waals surface area contributed by atoms with E-state index >= 15 is 0 Å². The maximum absolute atomic E-state index is 12.5. The first kappa shape index (κ1) is 6.73. The third kappa shape index (κ3) is 0.854. The molecule has 0 aliphatic carbocycles. The molecule has 0 aliphatic heterocycles. The molecule has 1 heterocycles. The van der Waals surface area contributed by atoms with Crippen LogP contribution in [0.25, 0.3) is 0 Å². The zero-order chi connectivity index (χ0) is 7.72. The van der Waals surface area contributed by atoms with Crippen LogP contribution in [0.1, 0.15) is 10.4 Å². The maximum Gasteiger partial charge on any atom is 0.342 e. The lowest BCUT2D eigenvalue weighted by molar-refractivity contribution is 0.0691. The highest BCUT2D eigenvalue weighted by Gasteiger charge is 2.13. The topological polar surface area (TPSA) is 55.1 Å². The van der Waals surface area contributed by atoms with E-state index in [1.807, 2.05) is 0 Å². The van der Waals surface area contributed by atoms with Crippen molar-refractivity contribution in [3.8, 4) is 0 Å². The molecule has 0 spiro atoms. The predicted molar refractivity (Wildman–Crippen MR) is 30.1 cm³/mol. The van der Waals surface area contributed by atoms with E-state index in [9.17, 15) is 9.18 Å². The molecular weight excluding hydrogens is 139 g/mol. The lowest BCUT2D eigenvalue weighted by Gasteiger charge is -1.88. The van der Waals surface area contributed by atoms with Gasteiger partial charge in [0.15, 0.2) is 0 Å². The van der Waals surface area contributed by atoms with Gasteiger partial charge in [-0.2, -0.15) is 9.49 Å². The zero-order valence-electron chi connectivity index (χ0n) is 5.21. The normalized spacial score (nSPS) is 9.80. The number of hydrogen-bond donors (Lipinski definition) is 1. The molecule has 0 bridgehead atoms.